The Bertz CT molecular complexity index is 988. The lowest BCUT2D eigenvalue weighted by Gasteiger charge is -2.26. The molecule has 8 nitrogen and oxygen atoms in total. The third-order valence-corrected chi connectivity index (χ3v) is 5.79. The summed E-state index contributed by atoms with van der Waals surface area (Å²) in [5.74, 6) is -3.89. The molecule has 5 atom stereocenters. The fourth-order valence-electron chi connectivity index (χ4n) is 4.15. The van der Waals surface area contributed by atoms with Crippen molar-refractivity contribution in [1.82, 2.24) is 0 Å². The van der Waals surface area contributed by atoms with E-state index >= 15 is 0 Å². The normalized spacial score (nSPS) is 30.4. The molecule has 0 bridgehead atoms. The molecule has 1 aromatic rings. The number of hydrogen-bond donors (Lipinski definition) is 1. The number of carbonyl (C=O) groups is 1. The quantitative estimate of drug-likeness (QED) is 0.361. The van der Waals surface area contributed by atoms with Crippen molar-refractivity contribution in [2.24, 2.45) is 5.92 Å². The highest BCUT2D eigenvalue weighted by Gasteiger charge is 2.46. The number of alkyl halides is 3. The summed E-state index contributed by atoms with van der Waals surface area (Å²) in [5.41, 5.74) is 0.211. The number of cyclic esters (lactones) is 1. The summed E-state index contributed by atoms with van der Waals surface area (Å²) < 4.78 is 74.4. The molecule has 2 aliphatic rings. The number of aliphatic hydroxyl groups is 1. The van der Waals surface area contributed by atoms with Crippen LogP contribution in [0.2, 0.25) is 0 Å². The van der Waals surface area contributed by atoms with E-state index in [-0.39, 0.29) is 24.5 Å². The lowest BCUT2D eigenvalue weighted by atomic mass is 9.97. The monoisotopic (exact) mass is 516 g/mol. The average molecular weight is 517 g/mol. The number of aliphatic hydroxyl groups excluding tert-OH is 1. The third kappa shape index (κ3) is 6.58. The average Bonchev–Trinajstić information content (AvgIpc) is 3.10. The van der Waals surface area contributed by atoms with E-state index in [1.165, 1.54) is 26.4 Å². The van der Waals surface area contributed by atoms with E-state index in [0.29, 0.717) is 11.3 Å². The topological polar surface area (TPSA) is 92.7 Å². The maximum atomic E-state index is 13.9. The van der Waals surface area contributed by atoms with Crippen LogP contribution in [-0.2, 0) is 18.9 Å². The molecule has 1 aromatic carbocycles. The Morgan fingerprint density at radius 1 is 1.17 bits per heavy atom. The van der Waals surface area contributed by atoms with Crippen molar-refractivity contribution in [3.05, 3.63) is 41.5 Å². The number of halogens is 3. The summed E-state index contributed by atoms with van der Waals surface area (Å²) in [6, 6.07) is 2.96. The van der Waals surface area contributed by atoms with Crippen LogP contribution in [0.15, 0.2) is 30.4 Å². The molecule has 3 unspecified atom stereocenters. The molecule has 0 amide bonds. The van der Waals surface area contributed by atoms with Gasteiger partial charge in [0.15, 0.2) is 12.6 Å². The summed E-state index contributed by atoms with van der Waals surface area (Å²) in [7, 11) is 2.81. The molecule has 0 spiro atoms. The van der Waals surface area contributed by atoms with Crippen LogP contribution >= 0.6 is 0 Å². The van der Waals surface area contributed by atoms with E-state index in [9.17, 15) is 23.1 Å². The maximum Gasteiger partial charge on any atom is 0.398 e. The molecule has 2 heterocycles. The van der Waals surface area contributed by atoms with E-state index in [1.54, 1.807) is 26.0 Å². The number of esters is 1. The molecule has 0 aliphatic carbocycles. The highest BCUT2D eigenvalue weighted by molar-refractivity contribution is 5.97. The van der Waals surface area contributed by atoms with Crippen molar-refractivity contribution in [2.45, 2.75) is 63.6 Å². The predicted octanol–water partition coefficient (Wildman–Crippen LogP) is 4.26. The molecule has 200 valence electrons. The lowest BCUT2D eigenvalue weighted by Crippen LogP contribution is -2.36. The van der Waals surface area contributed by atoms with Crippen molar-refractivity contribution in [1.29, 1.82) is 0 Å². The Kier molecular flexibility index (Phi) is 8.71. The molecular formula is C25H31F3O8. The van der Waals surface area contributed by atoms with E-state index < -0.39 is 48.3 Å². The molecule has 0 aromatic heterocycles. The summed E-state index contributed by atoms with van der Waals surface area (Å²) >= 11 is 0. The van der Waals surface area contributed by atoms with Crippen LogP contribution in [0.5, 0.6) is 11.5 Å². The van der Waals surface area contributed by atoms with Crippen LogP contribution in [0.25, 0.3) is 6.08 Å². The number of methoxy groups -OCH3 is 2. The molecule has 36 heavy (non-hydrogen) atoms. The van der Waals surface area contributed by atoms with Gasteiger partial charge in [0.1, 0.15) is 41.3 Å². The predicted molar refractivity (Wildman–Crippen MR) is 123 cm³/mol. The van der Waals surface area contributed by atoms with Crippen molar-refractivity contribution >= 4 is 12.0 Å². The summed E-state index contributed by atoms with van der Waals surface area (Å²) in [4.78, 5) is 13.2. The van der Waals surface area contributed by atoms with Gasteiger partial charge in [-0.05, 0) is 38.8 Å². The molecule has 1 saturated heterocycles. The molecule has 1 fully saturated rings. The molecular weight excluding hydrogens is 485 g/mol. The Morgan fingerprint density at radius 3 is 2.53 bits per heavy atom. The SMILES string of the molecule is COCOc1cc(OC)cc2c1C(=O)OC(C)C(C(F)(F)F)/C=C\C(O)[C@H]1OC(C)(C)O[C@H]1C/C=C/2. The molecule has 3 rings (SSSR count). The zero-order valence-electron chi connectivity index (χ0n) is 20.7. The Labute approximate surface area is 207 Å². The fourth-order valence-corrected chi connectivity index (χ4v) is 4.15. The second kappa shape index (κ2) is 11.2. The number of hydrogen-bond acceptors (Lipinski definition) is 8. The maximum absolute atomic E-state index is 13.9. The molecule has 2 aliphatic heterocycles. The van der Waals surface area contributed by atoms with Crippen LogP contribution in [-0.4, -0.2) is 68.5 Å². The Morgan fingerprint density at radius 2 is 1.89 bits per heavy atom. The van der Waals surface area contributed by atoms with E-state index in [1.807, 2.05) is 0 Å². The third-order valence-electron chi connectivity index (χ3n) is 5.79. The number of carbonyl (C=O) groups excluding carboxylic acids is 1. The fraction of sp³-hybridized carbons (Fsp3) is 0.560. The van der Waals surface area contributed by atoms with Gasteiger partial charge in [-0.3, -0.25) is 0 Å². The number of fused-ring (bicyclic) bond motifs is 2. The zero-order chi connectivity index (χ0) is 26.7. The first-order valence-electron chi connectivity index (χ1n) is 11.4. The molecule has 11 heteroatoms. The van der Waals surface area contributed by atoms with Gasteiger partial charge in [0.2, 0.25) is 0 Å². The van der Waals surface area contributed by atoms with Crippen molar-refractivity contribution in [3.8, 4) is 11.5 Å². The first-order valence-corrected chi connectivity index (χ1v) is 11.4. The van der Waals surface area contributed by atoms with E-state index in [4.69, 9.17) is 28.4 Å². The largest absolute Gasteiger partial charge is 0.497 e. The summed E-state index contributed by atoms with van der Waals surface area (Å²) in [5, 5.41) is 10.7. The van der Waals surface area contributed by atoms with Crippen LogP contribution < -0.4 is 9.47 Å². The van der Waals surface area contributed by atoms with Gasteiger partial charge in [0.25, 0.3) is 0 Å². The van der Waals surface area contributed by atoms with Crippen LogP contribution in [0, 0.1) is 5.92 Å². The Hall–Kier alpha value is -2.60. The van der Waals surface area contributed by atoms with Crippen molar-refractivity contribution in [3.63, 3.8) is 0 Å². The second-order valence-corrected chi connectivity index (χ2v) is 8.97. The van der Waals surface area contributed by atoms with Gasteiger partial charge in [0.05, 0.1) is 13.2 Å². The van der Waals surface area contributed by atoms with Gasteiger partial charge in [-0.1, -0.05) is 24.3 Å². The van der Waals surface area contributed by atoms with Crippen LogP contribution in [0.4, 0.5) is 13.2 Å². The summed E-state index contributed by atoms with van der Waals surface area (Å²) in [6.45, 7) is 4.22. The van der Waals surface area contributed by atoms with E-state index in [0.717, 1.165) is 19.1 Å². The number of rotatable bonds is 4. The van der Waals surface area contributed by atoms with Gasteiger partial charge < -0.3 is 33.5 Å². The Balaban J connectivity index is 2.13. The van der Waals surface area contributed by atoms with Crippen LogP contribution in [0.1, 0.15) is 43.1 Å². The first-order chi connectivity index (χ1) is 16.9. The van der Waals surface area contributed by atoms with Gasteiger partial charge >= 0.3 is 12.1 Å². The highest BCUT2D eigenvalue weighted by atomic mass is 19.4. The van der Waals surface area contributed by atoms with E-state index in [2.05, 4.69) is 0 Å². The van der Waals surface area contributed by atoms with Gasteiger partial charge in [-0.25, -0.2) is 4.79 Å². The van der Waals surface area contributed by atoms with Crippen molar-refractivity contribution < 1.29 is 51.5 Å². The minimum absolute atomic E-state index is 0.0223. The van der Waals surface area contributed by atoms with Crippen LogP contribution in [0.3, 0.4) is 0 Å². The van der Waals surface area contributed by atoms with Crippen molar-refractivity contribution in [2.75, 3.05) is 21.0 Å². The number of benzene rings is 1. The summed E-state index contributed by atoms with van der Waals surface area (Å²) in [6.07, 6.45) is -4.02. The lowest BCUT2D eigenvalue weighted by molar-refractivity contribution is -0.182. The minimum atomic E-state index is -4.75. The molecule has 0 radical (unpaired) electrons. The van der Waals surface area contributed by atoms with Gasteiger partial charge in [0, 0.05) is 13.2 Å². The van der Waals surface area contributed by atoms with Gasteiger partial charge in [-0.2, -0.15) is 13.2 Å². The molecule has 1 N–H and O–H groups in total. The molecule has 0 saturated carbocycles. The second-order valence-electron chi connectivity index (χ2n) is 8.97. The highest BCUT2D eigenvalue weighted by Crippen LogP contribution is 2.37. The minimum Gasteiger partial charge on any atom is -0.497 e. The smallest absolute Gasteiger partial charge is 0.398 e. The van der Waals surface area contributed by atoms with Gasteiger partial charge in [-0.15, -0.1) is 0 Å². The first kappa shape index (κ1) is 28.0. The standard InChI is InChI=1S/C25H31F3O8/c1-14-17(25(26,27)28)9-10-18(29)22-19(35-24(2,3)36-22)8-6-7-15-11-16(32-5)12-20(33-13-31-4)21(15)23(30)34-14/h6-7,9-12,14,17-19,22,29H,8,13H2,1-5H3/b7-6+,10-9-/t14?,17?,18?,19-,22+/m0/s1. The number of ether oxygens (including phenoxy) is 6. The zero-order valence-corrected chi connectivity index (χ0v) is 20.7.